The van der Waals surface area contributed by atoms with E-state index in [9.17, 15) is 0 Å². The van der Waals surface area contributed by atoms with Crippen molar-refractivity contribution in [2.75, 3.05) is 0 Å². The van der Waals surface area contributed by atoms with Crippen LogP contribution in [-0.4, -0.2) is 0 Å². The molecule has 0 nitrogen and oxygen atoms in total. The molecule has 0 unspecified atom stereocenters. The van der Waals surface area contributed by atoms with Gasteiger partial charge in [-0.15, -0.1) is 0 Å². The summed E-state index contributed by atoms with van der Waals surface area (Å²) in [5.74, 6) is 2.90. The van der Waals surface area contributed by atoms with Gasteiger partial charge in [-0.1, -0.05) is 43.0 Å². The molecule has 0 fully saturated rings. The first-order valence-corrected chi connectivity index (χ1v) is 4.61. The van der Waals surface area contributed by atoms with Gasteiger partial charge in [-0.3, -0.25) is 0 Å². The first kappa shape index (κ1) is 6.47. The molecule has 0 aromatic carbocycles. The van der Waals surface area contributed by atoms with Crippen LogP contribution < -0.4 is 0 Å². The predicted molar refractivity (Wildman–Crippen MR) is 50.5 cm³/mol. The van der Waals surface area contributed by atoms with Gasteiger partial charge < -0.3 is 0 Å². The minimum absolute atomic E-state index is 0.674. The Balaban J connectivity index is 2.10. The van der Waals surface area contributed by atoms with Gasteiger partial charge in [0.15, 0.2) is 0 Å². The average Bonchev–Trinajstić information content (AvgIpc) is 2.72. The van der Waals surface area contributed by atoms with Crippen LogP contribution in [0.15, 0.2) is 48.6 Å². The summed E-state index contributed by atoms with van der Waals surface area (Å²) in [6, 6.07) is 0. The lowest BCUT2D eigenvalue weighted by molar-refractivity contribution is 0.414. The minimum Gasteiger partial charge on any atom is -0.0988 e. The van der Waals surface area contributed by atoms with Gasteiger partial charge in [0.1, 0.15) is 0 Å². The predicted octanol–water partition coefficient (Wildman–Crippen LogP) is 2.72. The Hall–Kier alpha value is -1.04. The Labute approximate surface area is 73.0 Å². The van der Waals surface area contributed by atoms with E-state index in [0.29, 0.717) is 17.8 Å². The highest BCUT2D eigenvalue weighted by atomic mass is 14.5. The van der Waals surface area contributed by atoms with Gasteiger partial charge in [0.2, 0.25) is 0 Å². The van der Waals surface area contributed by atoms with Crippen LogP contribution in [0, 0.1) is 23.7 Å². The quantitative estimate of drug-likeness (QED) is 0.512. The number of hydrogen-bond acceptors (Lipinski definition) is 0. The second-order valence-corrected chi connectivity index (χ2v) is 3.90. The summed E-state index contributed by atoms with van der Waals surface area (Å²) in [7, 11) is 0. The third-order valence-corrected chi connectivity index (χ3v) is 3.41. The Morgan fingerprint density at radius 3 is 2.67 bits per heavy atom. The van der Waals surface area contributed by atoms with Crippen LogP contribution in [-0.2, 0) is 0 Å². The second kappa shape index (κ2) is 2.01. The van der Waals surface area contributed by atoms with E-state index in [1.165, 1.54) is 5.57 Å². The van der Waals surface area contributed by atoms with Gasteiger partial charge in [0, 0.05) is 5.92 Å². The van der Waals surface area contributed by atoms with E-state index in [2.05, 4.69) is 37.0 Å². The van der Waals surface area contributed by atoms with Crippen LogP contribution in [0.2, 0.25) is 0 Å². The van der Waals surface area contributed by atoms with Crippen molar-refractivity contribution in [2.45, 2.75) is 0 Å². The Morgan fingerprint density at radius 2 is 1.83 bits per heavy atom. The summed E-state index contributed by atoms with van der Waals surface area (Å²) in [4.78, 5) is 0. The third kappa shape index (κ3) is 0.592. The van der Waals surface area contributed by atoms with Crippen molar-refractivity contribution in [3.05, 3.63) is 48.6 Å². The van der Waals surface area contributed by atoms with Crippen molar-refractivity contribution in [3.63, 3.8) is 0 Å². The van der Waals surface area contributed by atoms with Gasteiger partial charge in [-0.2, -0.15) is 0 Å². The number of allylic oxidation sites excluding steroid dienone is 7. The highest BCUT2D eigenvalue weighted by Gasteiger charge is 2.42. The Kier molecular flexibility index (Phi) is 1.08. The van der Waals surface area contributed by atoms with Gasteiger partial charge in [-0.05, 0) is 23.3 Å². The molecule has 0 saturated carbocycles. The normalized spacial score (nSPS) is 46.5. The van der Waals surface area contributed by atoms with Crippen LogP contribution in [0.4, 0.5) is 0 Å². The first-order chi connectivity index (χ1) is 5.90. The second-order valence-electron chi connectivity index (χ2n) is 3.90. The highest BCUT2D eigenvalue weighted by molar-refractivity contribution is 5.41. The fourth-order valence-corrected chi connectivity index (χ4v) is 2.85. The zero-order valence-electron chi connectivity index (χ0n) is 6.98. The standard InChI is InChI=1S/C12H12/c1-2-8-7-10-4-3-9-5-6-11(8)12(9)10/h2-7,9-12H,1H2/t9-,10+,11+,12-/m1/s1. The van der Waals surface area contributed by atoms with Crippen molar-refractivity contribution in [1.29, 1.82) is 0 Å². The zero-order valence-corrected chi connectivity index (χ0v) is 6.98. The monoisotopic (exact) mass is 156 g/mol. The molecule has 0 heterocycles. The molecule has 0 aliphatic heterocycles. The molecule has 0 radical (unpaired) electrons. The van der Waals surface area contributed by atoms with Crippen LogP contribution in [0.1, 0.15) is 0 Å². The topological polar surface area (TPSA) is 0 Å². The zero-order chi connectivity index (χ0) is 8.13. The fourth-order valence-electron chi connectivity index (χ4n) is 2.85. The van der Waals surface area contributed by atoms with Gasteiger partial charge in [0.05, 0.1) is 0 Å². The maximum absolute atomic E-state index is 3.86. The van der Waals surface area contributed by atoms with Crippen molar-refractivity contribution >= 4 is 0 Å². The molecule has 0 aromatic heterocycles. The lowest BCUT2D eigenvalue weighted by Gasteiger charge is -2.15. The molecule has 0 amide bonds. The maximum atomic E-state index is 3.86. The average molecular weight is 156 g/mol. The summed E-state index contributed by atoms with van der Waals surface area (Å²) >= 11 is 0. The van der Waals surface area contributed by atoms with Gasteiger partial charge in [0.25, 0.3) is 0 Å². The lowest BCUT2D eigenvalue weighted by atomic mass is 9.87. The minimum atomic E-state index is 0.674. The van der Waals surface area contributed by atoms with Crippen LogP contribution in [0.3, 0.4) is 0 Å². The third-order valence-electron chi connectivity index (χ3n) is 3.41. The van der Waals surface area contributed by atoms with E-state index >= 15 is 0 Å². The summed E-state index contributed by atoms with van der Waals surface area (Å²) < 4.78 is 0. The first-order valence-electron chi connectivity index (χ1n) is 4.61. The van der Waals surface area contributed by atoms with E-state index in [0.717, 1.165) is 5.92 Å². The van der Waals surface area contributed by atoms with E-state index in [4.69, 9.17) is 0 Å². The molecule has 0 N–H and O–H groups in total. The summed E-state index contributed by atoms with van der Waals surface area (Å²) in [6.45, 7) is 3.86. The highest BCUT2D eigenvalue weighted by Crippen LogP contribution is 2.51. The number of hydrogen-bond donors (Lipinski definition) is 0. The van der Waals surface area contributed by atoms with E-state index in [1.807, 2.05) is 6.08 Å². The molecule has 4 atom stereocenters. The molecule has 0 aromatic rings. The van der Waals surface area contributed by atoms with E-state index < -0.39 is 0 Å². The molecule has 0 heteroatoms. The molecule has 0 saturated heterocycles. The van der Waals surface area contributed by atoms with Crippen molar-refractivity contribution in [1.82, 2.24) is 0 Å². The number of rotatable bonds is 1. The molecule has 12 heavy (non-hydrogen) atoms. The fraction of sp³-hybridized carbons (Fsp3) is 0.333. The molecule has 3 aliphatic rings. The molecular weight excluding hydrogens is 144 g/mol. The van der Waals surface area contributed by atoms with Crippen molar-refractivity contribution in [3.8, 4) is 0 Å². The molecule has 3 rings (SSSR count). The maximum Gasteiger partial charge on any atom is 0.00605 e. The van der Waals surface area contributed by atoms with Crippen LogP contribution >= 0.6 is 0 Å². The molecule has 0 spiro atoms. The Morgan fingerprint density at radius 1 is 1.08 bits per heavy atom. The van der Waals surface area contributed by atoms with Crippen molar-refractivity contribution in [2.24, 2.45) is 23.7 Å². The SMILES string of the molecule is C=CC1=C[C@@H]2C=C[C@@H]3C=C[C@@H]1[C@H]32. The largest absolute Gasteiger partial charge is 0.0988 e. The van der Waals surface area contributed by atoms with Gasteiger partial charge in [-0.25, -0.2) is 0 Å². The van der Waals surface area contributed by atoms with E-state index in [1.54, 1.807) is 0 Å². The molecule has 0 bridgehead atoms. The smallest absolute Gasteiger partial charge is 0.00605 e. The summed E-state index contributed by atoms with van der Waals surface area (Å²) in [5, 5.41) is 0. The van der Waals surface area contributed by atoms with Gasteiger partial charge >= 0.3 is 0 Å². The van der Waals surface area contributed by atoms with Crippen LogP contribution in [0.25, 0.3) is 0 Å². The van der Waals surface area contributed by atoms with Crippen LogP contribution in [0.5, 0.6) is 0 Å². The lowest BCUT2D eigenvalue weighted by Crippen LogP contribution is -2.12. The summed E-state index contributed by atoms with van der Waals surface area (Å²) in [6.07, 6.45) is 13.8. The van der Waals surface area contributed by atoms with Crippen molar-refractivity contribution < 1.29 is 0 Å². The summed E-state index contributed by atoms with van der Waals surface area (Å²) in [5.41, 5.74) is 1.44. The molecule has 3 aliphatic carbocycles. The Bertz CT molecular complexity index is 317. The molecule has 60 valence electrons. The van der Waals surface area contributed by atoms with E-state index in [-0.39, 0.29) is 0 Å². The molecular formula is C12H12.